The summed E-state index contributed by atoms with van der Waals surface area (Å²) >= 11 is 18.3. The van der Waals surface area contributed by atoms with Crippen molar-refractivity contribution in [1.82, 2.24) is 14.7 Å². The third-order valence-electron chi connectivity index (χ3n) is 2.99. The SMILES string of the molecule is CC(Cl)c1nc2cc(Cl)c(Cl)cc2n1Cc1ccon1. The molecule has 1 aromatic carbocycles. The topological polar surface area (TPSA) is 43.9 Å². The predicted molar refractivity (Wildman–Crippen MR) is 79.6 cm³/mol. The average molecular weight is 331 g/mol. The van der Waals surface area contributed by atoms with Crippen LogP contribution in [0.1, 0.15) is 23.8 Å². The molecule has 0 aliphatic rings. The Morgan fingerprint density at radius 2 is 2.05 bits per heavy atom. The van der Waals surface area contributed by atoms with E-state index >= 15 is 0 Å². The highest BCUT2D eigenvalue weighted by atomic mass is 35.5. The summed E-state index contributed by atoms with van der Waals surface area (Å²) < 4.78 is 6.82. The van der Waals surface area contributed by atoms with Crippen LogP contribution in [0.3, 0.4) is 0 Å². The van der Waals surface area contributed by atoms with Crippen molar-refractivity contribution >= 4 is 45.8 Å². The summed E-state index contributed by atoms with van der Waals surface area (Å²) in [5, 5.41) is 4.62. The van der Waals surface area contributed by atoms with Gasteiger partial charge in [-0.25, -0.2) is 4.98 Å². The maximum Gasteiger partial charge on any atom is 0.128 e. The van der Waals surface area contributed by atoms with Gasteiger partial charge in [-0.1, -0.05) is 28.4 Å². The molecule has 0 amide bonds. The lowest BCUT2D eigenvalue weighted by Crippen LogP contribution is -2.06. The molecule has 7 heteroatoms. The van der Waals surface area contributed by atoms with E-state index in [0.717, 1.165) is 22.6 Å². The molecule has 0 saturated carbocycles. The molecule has 104 valence electrons. The van der Waals surface area contributed by atoms with E-state index in [9.17, 15) is 0 Å². The van der Waals surface area contributed by atoms with Gasteiger partial charge in [0.15, 0.2) is 0 Å². The summed E-state index contributed by atoms with van der Waals surface area (Å²) in [5.41, 5.74) is 2.41. The Balaban J connectivity index is 2.20. The van der Waals surface area contributed by atoms with Gasteiger partial charge < -0.3 is 9.09 Å². The van der Waals surface area contributed by atoms with Crippen LogP contribution >= 0.6 is 34.8 Å². The second-order valence-corrected chi connectivity index (χ2v) is 5.89. The molecular weight excluding hydrogens is 321 g/mol. The molecule has 4 nitrogen and oxygen atoms in total. The quantitative estimate of drug-likeness (QED) is 0.655. The summed E-state index contributed by atoms with van der Waals surface area (Å²) in [6.07, 6.45) is 1.53. The van der Waals surface area contributed by atoms with E-state index in [1.807, 2.05) is 11.5 Å². The molecular formula is C13H10Cl3N3O. The fourth-order valence-electron chi connectivity index (χ4n) is 2.09. The van der Waals surface area contributed by atoms with Crippen molar-refractivity contribution in [2.75, 3.05) is 0 Å². The molecule has 3 aromatic rings. The van der Waals surface area contributed by atoms with Gasteiger partial charge in [0.25, 0.3) is 0 Å². The third kappa shape index (κ3) is 2.39. The number of aromatic nitrogens is 3. The van der Waals surface area contributed by atoms with E-state index < -0.39 is 0 Å². The number of imidazole rings is 1. The zero-order valence-electron chi connectivity index (χ0n) is 10.5. The number of benzene rings is 1. The fourth-order valence-corrected chi connectivity index (χ4v) is 2.57. The van der Waals surface area contributed by atoms with E-state index in [0.29, 0.717) is 16.6 Å². The van der Waals surface area contributed by atoms with E-state index in [-0.39, 0.29) is 5.38 Å². The second kappa shape index (κ2) is 5.28. The summed E-state index contributed by atoms with van der Waals surface area (Å²) in [4.78, 5) is 4.52. The van der Waals surface area contributed by atoms with Crippen molar-refractivity contribution in [3.8, 4) is 0 Å². The van der Waals surface area contributed by atoms with Gasteiger partial charge in [-0.3, -0.25) is 0 Å². The molecule has 0 bridgehead atoms. The highest BCUT2D eigenvalue weighted by Gasteiger charge is 2.17. The molecule has 3 rings (SSSR count). The van der Waals surface area contributed by atoms with Gasteiger partial charge in [0.05, 0.1) is 33.0 Å². The summed E-state index contributed by atoms with van der Waals surface area (Å²) in [7, 11) is 0. The van der Waals surface area contributed by atoms with Crippen LogP contribution in [0, 0.1) is 0 Å². The van der Waals surface area contributed by atoms with Gasteiger partial charge in [0.1, 0.15) is 17.8 Å². The largest absolute Gasteiger partial charge is 0.364 e. The average Bonchev–Trinajstić information content (AvgIpc) is 3.00. The first-order chi connectivity index (χ1) is 9.56. The third-order valence-corrected chi connectivity index (χ3v) is 3.90. The lowest BCUT2D eigenvalue weighted by Gasteiger charge is -2.08. The number of fused-ring (bicyclic) bond motifs is 1. The number of hydrogen-bond donors (Lipinski definition) is 0. The highest BCUT2D eigenvalue weighted by molar-refractivity contribution is 6.42. The van der Waals surface area contributed by atoms with Crippen molar-refractivity contribution in [3.05, 3.63) is 46.0 Å². The van der Waals surface area contributed by atoms with Gasteiger partial charge >= 0.3 is 0 Å². The van der Waals surface area contributed by atoms with Gasteiger partial charge in [-0.15, -0.1) is 11.6 Å². The maximum atomic E-state index is 6.21. The summed E-state index contributed by atoms with van der Waals surface area (Å²) in [6, 6.07) is 5.32. The van der Waals surface area contributed by atoms with Crippen LogP contribution in [-0.4, -0.2) is 14.7 Å². The van der Waals surface area contributed by atoms with Gasteiger partial charge in [0, 0.05) is 6.07 Å². The van der Waals surface area contributed by atoms with Crippen LogP contribution in [-0.2, 0) is 6.54 Å². The molecule has 0 radical (unpaired) electrons. The van der Waals surface area contributed by atoms with Crippen LogP contribution < -0.4 is 0 Å². The van der Waals surface area contributed by atoms with E-state index in [4.69, 9.17) is 39.3 Å². The molecule has 2 aromatic heterocycles. The zero-order chi connectivity index (χ0) is 14.3. The number of alkyl halides is 1. The van der Waals surface area contributed by atoms with Crippen molar-refractivity contribution < 1.29 is 4.52 Å². The van der Waals surface area contributed by atoms with Gasteiger partial charge in [0.2, 0.25) is 0 Å². The fraction of sp³-hybridized carbons (Fsp3) is 0.231. The summed E-state index contributed by atoms with van der Waals surface area (Å²) in [5.74, 6) is 0.739. The Bertz CT molecular complexity index is 750. The zero-order valence-corrected chi connectivity index (χ0v) is 12.7. The molecule has 1 atom stereocenters. The van der Waals surface area contributed by atoms with Crippen LogP contribution in [0.5, 0.6) is 0 Å². The second-order valence-electron chi connectivity index (χ2n) is 4.42. The molecule has 20 heavy (non-hydrogen) atoms. The monoisotopic (exact) mass is 329 g/mol. The minimum absolute atomic E-state index is 0.244. The number of nitrogens with zero attached hydrogens (tertiary/aromatic N) is 3. The Morgan fingerprint density at radius 3 is 2.70 bits per heavy atom. The summed E-state index contributed by atoms with van der Waals surface area (Å²) in [6.45, 7) is 2.38. The Labute approximate surface area is 130 Å². The van der Waals surface area contributed by atoms with Crippen LogP contribution in [0.15, 0.2) is 29.0 Å². The standard InChI is InChI=1S/C13H10Cl3N3O/c1-7(14)13-17-11-4-9(15)10(16)5-12(11)19(13)6-8-2-3-20-18-8/h2-5,7H,6H2,1H3. The first kappa shape index (κ1) is 13.7. The minimum Gasteiger partial charge on any atom is -0.364 e. The molecule has 0 aliphatic carbocycles. The number of rotatable bonds is 3. The lowest BCUT2D eigenvalue weighted by atomic mass is 10.3. The van der Waals surface area contributed by atoms with Crippen LogP contribution in [0.4, 0.5) is 0 Å². The molecule has 0 spiro atoms. The van der Waals surface area contributed by atoms with Gasteiger partial charge in [-0.2, -0.15) is 0 Å². The minimum atomic E-state index is -0.244. The normalized spacial score (nSPS) is 13.0. The van der Waals surface area contributed by atoms with Crippen molar-refractivity contribution in [1.29, 1.82) is 0 Å². The van der Waals surface area contributed by atoms with Crippen LogP contribution in [0.25, 0.3) is 11.0 Å². The molecule has 0 N–H and O–H groups in total. The number of halogens is 3. The lowest BCUT2D eigenvalue weighted by molar-refractivity contribution is 0.409. The van der Waals surface area contributed by atoms with Crippen LogP contribution in [0.2, 0.25) is 10.0 Å². The first-order valence-corrected chi connectivity index (χ1v) is 7.14. The molecule has 0 saturated heterocycles. The van der Waals surface area contributed by atoms with E-state index in [2.05, 4.69) is 10.1 Å². The van der Waals surface area contributed by atoms with Crippen molar-refractivity contribution in [2.24, 2.45) is 0 Å². The molecule has 0 fully saturated rings. The van der Waals surface area contributed by atoms with Gasteiger partial charge in [-0.05, 0) is 19.1 Å². The smallest absolute Gasteiger partial charge is 0.128 e. The van der Waals surface area contributed by atoms with Crippen molar-refractivity contribution in [2.45, 2.75) is 18.8 Å². The Kier molecular flexibility index (Phi) is 3.63. The highest BCUT2D eigenvalue weighted by Crippen LogP contribution is 2.31. The Morgan fingerprint density at radius 1 is 1.30 bits per heavy atom. The van der Waals surface area contributed by atoms with Crippen molar-refractivity contribution in [3.63, 3.8) is 0 Å². The molecule has 1 unspecified atom stereocenters. The maximum absolute atomic E-state index is 6.21. The predicted octanol–water partition coefficient (Wildman–Crippen LogP) is 4.68. The molecule has 0 aliphatic heterocycles. The molecule has 2 heterocycles. The number of hydrogen-bond acceptors (Lipinski definition) is 3. The first-order valence-electron chi connectivity index (χ1n) is 5.95. The van der Waals surface area contributed by atoms with E-state index in [1.165, 1.54) is 6.26 Å². The van der Waals surface area contributed by atoms with E-state index in [1.54, 1.807) is 18.2 Å². The Hall–Kier alpha value is -1.23.